The molecule has 1 aliphatic rings. The number of benzene rings is 1. The second-order valence-electron chi connectivity index (χ2n) is 5.98. The molecule has 0 unspecified atom stereocenters. The highest BCUT2D eigenvalue weighted by Crippen LogP contribution is 2.17. The summed E-state index contributed by atoms with van der Waals surface area (Å²) in [5.41, 5.74) is 3.08. The molecule has 0 bridgehead atoms. The van der Waals surface area contributed by atoms with Crippen LogP contribution in [0.25, 0.3) is 0 Å². The van der Waals surface area contributed by atoms with Crippen molar-refractivity contribution in [3.8, 4) is 6.07 Å². The van der Waals surface area contributed by atoms with Crippen LogP contribution in [0, 0.1) is 11.3 Å². The standard InChI is InChI=1S/C19H22N4.ClH/c20-12-16-4-6-17(7-5-16)13-21-14-18-8-9-19(22-15-18)23-10-2-1-3-11-23;/h4-9,15,21H,1-3,10-11,13-14H2;1H. The molecule has 4 nitrogen and oxygen atoms in total. The van der Waals surface area contributed by atoms with Crippen LogP contribution in [0.4, 0.5) is 5.82 Å². The van der Waals surface area contributed by atoms with Gasteiger partial charge in [-0.15, -0.1) is 12.4 Å². The summed E-state index contributed by atoms with van der Waals surface area (Å²) in [5, 5.41) is 12.2. The summed E-state index contributed by atoms with van der Waals surface area (Å²) in [6, 6.07) is 14.1. The SMILES string of the molecule is Cl.N#Cc1ccc(CNCc2ccc(N3CCCCC3)nc2)cc1. The second-order valence-corrected chi connectivity index (χ2v) is 5.98. The van der Waals surface area contributed by atoms with E-state index in [2.05, 4.69) is 33.4 Å². The van der Waals surface area contributed by atoms with Gasteiger partial charge in [0.25, 0.3) is 0 Å². The molecule has 5 heteroatoms. The van der Waals surface area contributed by atoms with Gasteiger partial charge in [0.05, 0.1) is 11.6 Å². The van der Waals surface area contributed by atoms with E-state index in [1.165, 1.54) is 30.4 Å². The van der Waals surface area contributed by atoms with E-state index in [0.29, 0.717) is 5.56 Å². The first-order valence-corrected chi connectivity index (χ1v) is 8.25. The lowest BCUT2D eigenvalue weighted by Gasteiger charge is -2.27. The zero-order valence-corrected chi connectivity index (χ0v) is 14.6. The molecule has 3 rings (SSSR count). The Labute approximate surface area is 149 Å². The Morgan fingerprint density at radius 1 is 0.958 bits per heavy atom. The third-order valence-corrected chi connectivity index (χ3v) is 4.23. The van der Waals surface area contributed by atoms with E-state index in [0.717, 1.165) is 32.0 Å². The number of nitrogens with one attached hydrogen (secondary N) is 1. The van der Waals surface area contributed by atoms with Gasteiger partial charge in [-0.3, -0.25) is 0 Å². The number of nitrogens with zero attached hydrogens (tertiary/aromatic N) is 3. The lowest BCUT2D eigenvalue weighted by atomic mass is 10.1. The van der Waals surface area contributed by atoms with Crippen LogP contribution < -0.4 is 10.2 Å². The van der Waals surface area contributed by atoms with Crippen LogP contribution in [0.1, 0.15) is 36.0 Å². The number of hydrogen-bond donors (Lipinski definition) is 1. The van der Waals surface area contributed by atoms with Gasteiger partial charge in [0.15, 0.2) is 0 Å². The maximum absolute atomic E-state index is 8.79. The molecule has 1 saturated heterocycles. The molecule has 1 fully saturated rings. The summed E-state index contributed by atoms with van der Waals surface area (Å²) >= 11 is 0. The molecule has 24 heavy (non-hydrogen) atoms. The lowest BCUT2D eigenvalue weighted by molar-refractivity contribution is 0.573. The molecule has 1 aromatic heterocycles. The van der Waals surface area contributed by atoms with Crippen molar-refractivity contribution < 1.29 is 0 Å². The largest absolute Gasteiger partial charge is 0.357 e. The minimum absolute atomic E-state index is 0. The van der Waals surface area contributed by atoms with Crippen LogP contribution in [0.3, 0.4) is 0 Å². The van der Waals surface area contributed by atoms with E-state index in [-0.39, 0.29) is 12.4 Å². The number of aromatic nitrogens is 1. The topological polar surface area (TPSA) is 52.0 Å². The summed E-state index contributed by atoms with van der Waals surface area (Å²) in [4.78, 5) is 6.97. The fraction of sp³-hybridized carbons (Fsp3) is 0.368. The molecule has 0 atom stereocenters. The minimum atomic E-state index is 0. The number of halogens is 1. The predicted octanol–water partition coefficient (Wildman–Crippen LogP) is 3.66. The maximum Gasteiger partial charge on any atom is 0.128 e. The summed E-state index contributed by atoms with van der Waals surface area (Å²) in [6.45, 7) is 3.85. The summed E-state index contributed by atoms with van der Waals surface area (Å²) in [6.07, 6.45) is 5.86. The van der Waals surface area contributed by atoms with Gasteiger partial charge >= 0.3 is 0 Å². The summed E-state index contributed by atoms with van der Waals surface area (Å²) < 4.78 is 0. The lowest BCUT2D eigenvalue weighted by Crippen LogP contribution is -2.30. The Hall–Kier alpha value is -2.09. The molecule has 1 aromatic carbocycles. The Morgan fingerprint density at radius 3 is 2.25 bits per heavy atom. The van der Waals surface area contributed by atoms with Crippen LogP contribution >= 0.6 is 12.4 Å². The molecular weight excluding hydrogens is 320 g/mol. The highest BCUT2D eigenvalue weighted by atomic mass is 35.5. The van der Waals surface area contributed by atoms with Crippen molar-refractivity contribution >= 4 is 18.2 Å². The smallest absolute Gasteiger partial charge is 0.128 e. The summed E-state index contributed by atoms with van der Waals surface area (Å²) in [5.74, 6) is 1.10. The first-order chi connectivity index (χ1) is 11.3. The van der Waals surface area contributed by atoms with Crippen molar-refractivity contribution in [1.82, 2.24) is 10.3 Å². The van der Waals surface area contributed by atoms with Crippen LogP contribution in [0.5, 0.6) is 0 Å². The molecule has 0 spiro atoms. The number of hydrogen-bond acceptors (Lipinski definition) is 4. The van der Waals surface area contributed by atoms with Crippen LogP contribution in [0.2, 0.25) is 0 Å². The van der Waals surface area contributed by atoms with Gasteiger partial charge in [0.2, 0.25) is 0 Å². The van der Waals surface area contributed by atoms with E-state index in [1.54, 1.807) is 0 Å². The van der Waals surface area contributed by atoms with E-state index in [4.69, 9.17) is 5.26 Å². The number of pyridine rings is 1. The van der Waals surface area contributed by atoms with Gasteiger partial charge in [-0.2, -0.15) is 5.26 Å². The normalized spacial score (nSPS) is 13.9. The number of rotatable bonds is 5. The van der Waals surface area contributed by atoms with E-state index < -0.39 is 0 Å². The molecule has 1 aliphatic heterocycles. The zero-order chi connectivity index (χ0) is 15.9. The van der Waals surface area contributed by atoms with Crippen molar-refractivity contribution in [2.24, 2.45) is 0 Å². The molecule has 126 valence electrons. The average molecular weight is 343 g/mol. The zero-order valence-electron chi connectivity index (χ0n) is 13.7. The third-order valence-electron chi connectivity index (χ3n) is 4.23. The molecule has 1 N–H and O–H groups in total. The third kappa shape index (κ3) is 4.95. The van der Waals surface area contributed by atoms with Gasteiger partial charge < -0.3 is 10.2 Å². The molecule has 0 aliphatic carbocycles. The van der Waals surface area contributed by atoms with Crippen LogP contribution in [0.15, 0.2) is 42.6 Å². The molecular formula is C19H23ClN4. The Bertz CT molecular complexity index is 655. The van der Waals surface area contributed by atoms with Crippen molar-refractivity contribution in [3.05, 3.63) is 59.3 Å². The summed E-state index contributed by atoms with van der Waals surface area (Å²) in [7, 11) is 0. The molecule has 0 saturated carbocycles. The highest BCUT2D eigenvalue weighted by Gasteiger charge is 2.11. The van der Waals surface area contributed by atoms with Crippen LogP contribution in [-0.2, 0) is 13.1 Å². The average Bonchev–Trinajstić information content (AvgIpc) is 2.64. The predicted molar refractivity (Wildman–Crippen MR) is 99.2 cm³/mol. The second kappa shape index (κ2) is 9.27. The van der Waals surface area contributed by atoms with Crippen molar-refractivity contribution in [1.29, 1.82) is 5.26 Å². The van der Waals surface area contributed by atoms with Crippen molar-refractivity contribution in [2.75, 3.05) is 18.0 Å². The molecule has 0 amide bonds. The number of anilines is 1. The quantitative estimate of drug-likeness (QED) is 0.901. The van der Waals surface area contributed by atoms with Crippen molar-refractivity contribution in [3.63, 3.8) is 0 Å². The first kappa shape index (κ1) is 18.3. The minimum Gasteiger partial charge on any atom is -0.357 e. The number of nitriles is 1. The Kier molecular flexibility index (Phi) is 7.05. The first-order valence-electron chi connectivity index (χ1n) is 8.25. The molecule has 2 heterocycles. The van der Waals surface area contributed by atoms with Gasteiger partial charge in [0.1, 0.15) is 5.82 Å². The molecule has 2 aromatic rings. The fourth-order valence-corrected chi connectivity index (χ4v) is 2.88. The fourth-order valence-electron chi connectivity index (χ4n) is 2.88. The number of piperidine rings is 1. The maximum atomic E-state index is 8.79. The van der Waals surface area contributed by atoms with Crippen LogP contribution in [-0.4, -0.2) is 18.1 Å². The Balaban J connectivity index is 0.00000208. The van der Waals surface area contributed by atoms with Gasteiger partial charge in [-0.25, -0.2) is 4.98 Å². The Morgan fingerprint density at radius 2 is 1.62 bits per heavy atom. The van der Waals surface area contributed by atoms with Gasteiger partial charge in [-0.05, 0) is 48.6 Å². The van der Waals surface area contributed by atoms with Gasteiger partial charge in [-0.1, -0.05) is 18.2 Å². The highest BCUT2D eigenvalue weighted by molar-refractivity contribution is 5.85. The monoisotopic (exact) mass is 342 g/mol. The van der Waals surface area contributed by atoms with E-state index in [1.807, 2.05) is 30.5 Å². The van der Waals surface area contributed by atoms with Gasteiger partial charge in [0, 0.05) is 32.4 Å². The molecule has 0 radical (unpaired) electrons. The van der Waals surface area contributed by atoms with E-state index >= 15 is 0 Å². The van der Waals surface area contributed by atoms with E-state index in [9.17, 15) is 0 Å². The van der Waals surface area contributed by atoms with Crippen molar-refractivity contribution in [2.45, 2.75) is 32.4 Å².